The highest BCUT2D eigenvalue weighted by atomic mass is 16.5. The SMILES string of the molecule is Cc1cccc(C2CNCCC23CCOC(C(C)C)C3)c1. The molecule has 1 N–H and O–H groups in total. The van der Waals surface area contributed by atoms with Crippen LogP contribution in [-0.4, -0.2) is 25.8 Å². The smallest absolute Gasteiger partial charge is 0.0603 e. The van der Waals surface area contributed by atoms with Gasteiger partial charge in [0.2, 0.25) is 0 Å². The van der Waals surface area contributed by atoms with Crippen LogP contribution in [-0.2, 0) is 4.74 Å². The highest BCUT2D eigenvalue weighted by Gasteiger charge is 2.45. The molecule has 116 valence electrons. The molecule has 2 fully saturated rings. The molecular weight excluding hydrogens is 258 g/mol. The molecule has 2 heterocycles. The van der Waals surface area contributed by atoms with Crippen LogP contribution in [0.1, 0.15) is 50.2 Å². The van der Waals surface area contributed by atoms with Crippen LogP contribution in [0.15, 0.2) is 24.3 Å². The molecule has 21 heavy (non-hydrogen) atoms. The van der Waals surface area contributed by atoms with Gasteiger partial charge in [-0.1, -0.05) is 43.7 Å². The average Bonchev–Trinajstić information content (AvgIpc) is 2.48. The maximum atomic E-state index is 6.05. The van der Waals surface area contributed by atoms with Crippen molar-refractivity contribution in [1.82, 2.24) is 5.32 Å². The fourth-order valence-corrected chi connectivity index (χ4v) is 4.28. The fourth-order valence-electron chi connectivity index (χ4n) is 4.28. The summed E-state index contributed by atoms with van der Waals surface area (Å²) in [4.78, 5) is 0. The van der Waals surface area contributed by atoms with Gasteiger partial charge in [-0.05, 0) is 49.6 Å². The van der Waals surface area contributed by atoms with Crippen LogP contribution in [0, 0.1) is 18.3 Å². The summed E-state index contributed by atoms with van der Waals surface area (Å²) in [5.74, 6) is 1.26. The van der Waals surface area contributed by atoms with Crippen molar-refractivity contribution in [2.75, 3.05) is 19.7 Å². The van der Waals surface area contributed by atoms with E-state index in [1.165, 1.54) is 30.4 Å². The van der Waals surface area contributed by atoms with Gasteiger partial charge in [-0.3, -0.25) is 0 Å². The Morgan fingerprint density at radius 1 is 1.29 bits per heavy atom. The van der Waals surface area contributed by atoms with Crippen LogP contribution in [0.5, 0.6) is 0 Å². The zero-order valence-electron chi connectivity index (χ0n) is 13.7. The first-order chi connectivity index (χ1) is 10.1. The molecule has 0 aromatic heterocycles. The van der Waals surface area contributed by atoms with Gasteiger partial charge in [-0.2, -0.15) is 0 Å². The highest BCUT2D eigenvalue weighted by Crippen LogP contribution is 2.50. The van der Waals surface area contributed by atoms with Gasteiger partial charge in [-0.15, -0.1) is 0 Å². The number of nitrogens with one attached hydrogen (secondary N) is 1. The van der Waals surface area contributed by atoms with E-state index >= 15 is 0 Å². The molecule has 3 atom stereocenters. The lowest BCUT2D eigenvalue weighted by molar-refractivity contribution is -0.0862. The second-order valence-electron chi connectivity index (χ2n) is 7.39. The first kappa shape index (κ1) is 15.1. The Morgan fingerprint density at radius 2 is 2.14 bits per heavy atom. The maximum absolute atomic E-state index is 6.05. The second kappa shape index (κ2) is 6.10. The van der Waals surface area contributed by atoms with Crippen molar-refractivity contribution in [1.29, 1.82) is 0 Å². The third kappa shape index (κ3) is 3.02. The fraction of sp³-hybridized carbons (Fsp3) is 0.684. The largest absolute Gasteiger partial charge is 0.378 e. The predicted molar refractivity (Wildman–Crippen MR) is 87.7 cm³/mol. The molecule has 1 aromatic rings. The molecule has 2 saturated heterocycles. The molecule has 0 bridgehead atoms. The Bertz CT molecular complexity index is 480. The summed E-state index contributed by atoms with van der Waals surface area (Å²) in [6.45, 7) is 10.0. The molecule has 1 aromatic carbocycles. The monoisotopic (exact) mass is 287 g/mol. The summed E-state index contributed by atoms with van der Waals surface area (Å²) >= 11 is 0. The summed E-state index contributed by atoms with van der Waals surface area (Å²) in [5, 5.41) is 3.63. The molecule has 0 amide bonds. The number of ether oxygens (including phenoxy) is 1. The standard InChI is InChI=1S/C19H29NO/c1-14(2)18-12-19(8-10-21-18)7-9-20-13-17(19)16-6-4-5-15(3)11-16/h4-6,11,14,17-18,20H,7-10,12-13H2,1-3H3. The number of hydrogen-bond donors (Lipinski definition) is 1. The highest BCUT2D eigenvalue weighted by molar-refractivity contribution is 5.28. The topological polar surface area (TPSA) is 21.3 Å². The van der Waals surface area contributed by atoms with Crippen molar-refractivity contribution < 1.29 is 4.74 Å². The van der Waals surface area contributed by atoms with Gasteiger partial charge in [0.15, 0.2) is 0 Å². The van der Waals surface area contributed by atoms with Gasteiger partial charge >= 0.3 is 0 Å². The molecule has 0 saturated carbocycles. The Balaban J connectivity index is 1.90. The van der Waals surface area contributed by atoms with Crippen molar-refractivity contribution in [3.05, 3.63) is 35.4 Å². The van der Waals surface area contributed by atoms with E-state index in [0.717, 1.165) is 19.7 Å². The van der Waals surface area contributed by atoms with Crippen molar-refractivity contribution >= 4 is 0 Å². The van der Waals surface area contributed by atoms with E-state index in [-0.39, 0.29) is 0 Å². The zero-order valence-corrected chi connectivity index (χ0v) is 13.7. The van der Waals surface area contributed by atoms with E-state index < -0.39 is 0 Å². The van der Waals surface area contributed by atoms with Gasteiger partial charge in [0.25, 0.3) is 0 Å². The van der Waals surface area contributed by atoms with Gasteiger partial charge in [0.1, 0.15) is 0 Å². The number of aryl methyl sites for hydroxylation is 1. The van der Waals surface area contributed by atoms with Crippen LogP contribution in [0.25, 0.3) is 0 Å². The van der Waals surface area contributed by atoms with E-state index in [1.807, 2.05) is 0 Å². The molecule has 1 spiro atoms. The Kier molecular flexibility index (Phi) is 4.37. The molecular formula is C19H29NO. The normalized spacial score (nSPS) is 33.5. The van der Waals surface area contributed by atoms with Gasteiger partial charge < -0.3 is 10.1 Å². The van der Waals surface area contributed by atoms with Gasteiger partial charge in [0, 0.05) is 19.1 Å². The minimum atomic E-state index is 0.434. The van der Waals surface area contributed by atoms with E-state index in [2.05, 4.69) is 50.4 Å². The molecule has 2 nitrogen and oxygen atoms in total. The lowest BCUT2D eigenvalue weighted by Crippen LogP contribution is -2.49. The average molecular weight is 287 g/mol. The summed E-state index contributed by atoms with van der Waals surface area (Å²) in [5.41, 5.74) is 3.33. The Hall–Kier alpha value is -0.860. The van der Waals surface area contributed by atoms with Crippen LogP contribution in [0.4, 0.5) is 0 Å². The van der Waals surface area contributed by atoms with Crippen LogP contribution >= 0.6 is 0 Å². The molecule has 3 rings (SSSR count). The number of benzene rings is 1. The van der Waals surface area contributed by atoms with E-state index in [9.17, 15) is 0 Å². The predicted octanol–water partition coefficient (Wildman–Crippen LogP) is 3.89. The molecule has 2 aliphatic rings. The molecule has 0 aliphatic carbocycles. The van der Waals surface area contributed by atoms with Gasteiger partial charge in [-0.25, -0.2) is 0 Å². The molecule has 2 aliphatic heterocycles. The summed E-state index contributed by atoms with van der Waals surface area (Å²) in [6, 6.07) is 9.13. The number of piperidine rings is 1. The third-order valence-electron chi connectivity index (χ3n) is 5.61. The van der Waals surface area contributed by atoms with Crippen molar-refractivity contribution in [3.63, 3.8) is 0 Å². The van der Waals surface area contributed by atoms with E-state index in [1.54, 1.807) is 0 Å². The Morgan fingerprint density at radius 3 is 2.90 bits per heavy atom. The zero-order chi connectivity index (χ0) is 14.9. The quantitative estimate of drug-likeness (QED) is 0.891. The minimum Gasteiger partial charge on any atom is -0.378 e. The van der Waals surface area contributed by atoms with Crippen molar-refractivity contribution in [2.24, 2.45) is 11.3 Å². The summed E-state index contributed by atoms with van der Waals surface area (Å²) in [7, 11) is 0. The third-order valence-corrected chi connectivity index (χ3v) is 5.61. The lowest BCUT2D eigenvalue weighted by Gasteiger charge is -2.50. The van der Waals surface area contributed by atoms with Crippen LogP contribution < -0.4 is 5.32 Å². The maximum Gasteiger partial charge on any atom is 0.0603 e. The van der Waals surface area contributed by atoms with E-state index in [4.69, 9.17) is 4.74 Å². The Labute approximate surface area is 129 Å². The number of rotatable bonds is 2. The lowest BCUT2D eigenvalue weighted by atomic mass is 9.61. The minimum absolute atomic E-state index is 0.434. The van der Waals surface area contributed by atoms with Gasteiger partial charge in [0.05, 0.1) is 6.10 Å². The van der Waals surface area contributed by atoms with Crippen molar-refractivity contribution in [2.45, 2.75) is 52.1 Å². The first-order valence-electron chi connectivity index (χ1n) is 8.50. The first-order valence-corrected chi connectivity index (χ1v) is 8.50. The van der Waals surface area contributed by atoms with Crippen LogP contribution in [0.3, 0.4) is 0 Å². The molecule has 2 heteroatoms. The number of hydrogen-bond acceptors (Lipinski definition) is 2. The second-order valence-corrected chi connectivity index (χ2v) is 7.39. The molecule has 3 unspecified atom stereocenters. The van der Waals surface area contributed by atoms with E-state index in [0.29, 0.717) is 23.4 Å². The van der Waals surface area contributed by atoms with Crippen molar-refractivity contribution in [3.8, 4) is 0 Å². The summed E-state index contributed by atoms with van der Waals surface area (Å²) < 4.78 is 6.05. The molecule has 0 radical (unpaired) electrons. The summed E-state index contributed by atoms with van der Waals surface area (Å²) in [6.07, 6.45) is 4.17. The van der Waals surface area contributed by atoms with Crippen LogP contribution in [0.2, 0.25) is 0 Å².